The molecule has 0 aromatic rings. The van der Waals surface area contributed by atoms with Gasteiger partial charge in [0.15, 0.2) is 0 Å². The van der Waals surface area contributed by atoms with Crippen LogP contribution in [0.2, 0.25) is 0 Å². The molecule has 0 aliphatic heterocycles. The van der Waals surface area contributed by atoms with E-state index in [9.17, 15) is 0 Å². The Morgan fingerprint density at radius 3 is 2.59 bits per heavy atom. The summed E-state index contributed by atoms with van der Waals surface area (Å²) in [4.78, 5) is 4.07. The average Bonchev–Trinajstić information content (AvgIpc) is 2.84. The van der Waals surface area contributed by atoms with E-state index in [-0.39, 0.29) is 4.75 Å². The molecule has 0 aromatic heterocycles. The van der Waals surface area contributed by atoms with Crippen LogP contribution in [0, 0.1) is 23.7 Å². The first-order valence-corrected chi connectivity index (χ1v) is 11.3. The molecule has 29 heavy (non-hydrogen) atoms. The van der Waals surface area contributed by atoms with Crippen LogP contribution >= 0.6 is 24.8 Å². The molecular weight excluding hydrogens is 390 g/mol. The summed E-state index contributed by atoms with van der Waals surface area (Å²) in [5.41, 5.74) is 4.48. The first-order chi connectivity index (χ1) is 13.9. The number of aliphatic imine (C=N–C) groups is 1. The van der Waals surface area contributed by atoms with Gasteiger partial charge < -0.3 is 0 Å². The van der Waals surface area contributed by atoms with E-state index < -0.39 is 0 Å². The van der Waals surface area contributed by atoms with Gasteiger partial charge in [-0.3, -0.25) is 0 Å². The van der Waals surface area contributed by atoms with E-state index in [1.807, 2.05) is 6.08 Å². The van der Waals surface area contributed by atoms with E-state index in [0.717, 1.165) is 35.6 Å². The highest BCUT2D eigenvalue weighted by atomic mass is 32.1. The van der Waals surface area contributed by atoms with Gasteiger partial charge in [-0.05, 0) is 93.0 Å². The lowest BCUT2D eigenvalue weighted by molar-refractivity contribution is 0.337. The van der Waals surface area contributed by atoms with Crippen molar-refractivity contribution in [2.45, 2.75) is 57.1 Å². The van der Waals surface area contributed by atoms with Gasteiger partial charge in [0.1, 0.15) is 0 Å². The highest BCUT2D eigenvalue weighted by molar-refractivity contribution is 7.82. The van der Waals surface area contributed by atoms with Crippen molar-refractivity contribution in [3.8, 4) is 11.8 Å². The second kappa shape index (κ2) is 10.3. The normalized spacial score (nSPS) is 29.5. The molecule has 1 nitrogen and oxygen atoms in total. The molecule has 0 heterocycles. The Labute approximate surface area is 186 Å². The summed E-state index contributed by atoms with van der Waals surface area (Å²) in [7, 11) is 0. The van der Waals surface area contributed by atoms with E-state index in [1.54, 1.807) is 0 Å². The Morgan fingerprint density at radius 2 is 1.90 bits per heavy atom. The Hall–Kier alpha value is -1.85. The highest BCUT2D eigenvalue weighted by Crippen LogP contribution is 2.29. The number of isothiocyanates is 1. The molecule has 0 radical (unpaired) electrons. The van der Waals surface area contributed by atoms with Crippen LogP contribution in [0.15, 0.2) is 76.0 Å². The molecule has 3 aliphatic carbocycles. The predicted octanol–water partition coefficient (Wildman–Crippen LogP) is 7.19. The molecule has 0 bridgehead atoms. The topological polar surface area (TPSA) is 12.4 Å². The monoisotopic (exact) mass is 419 g/mol. The lowest BCUT2D eigenvalue weighted by atomic mass is 9.83. The molecule has 0 amide bonds. The van der Waals surface area contributed by atoms with E-state index >= 15 is 0 Å². The molecule has 1 unspecified atom stereocenters. The summed E-state index contributed by atoms with van der Waals surface area (Å²) in [6.07, 6.45) is 24.0. The van der Waals surface area contributed by atoms with E-state index in [4.69, 9.17) is 12.6 Å². The Morgan fingerprint density at radius 1 is 1.10 bits per heavy atom. The molecule has 3 rings (SSSR count). The summed E-state index contributed by atoms with van der Waals surface area (Å²) in [6.45, 7) is 4.46. The van der Waals surface area contributed by atoms with Gasteiger partial charge in [-0.2, -0.15) is 17.6 Å². The summed E-state index contributed by atoms with van der Waals surface area (Å²) in [5.74, 6) is 8.33. The summed E-state index contributed by atoms with van der Waals surface area (Å²) in [5, 5.41) is 2.44. The molecule has 0 aromatic carbocycles. The van der Waals surface area contributed by atoms with E-state index in [1.165, 1.54) is 31.3 Å². The summed E-state index contributed by atoms with van der Waals surface area (Å²) >= 11 is 9.52. The third-order valence-electron chi connectivity index (χ3n) is 5.64. The van der Waals surface area contributed by atoms with E-state index in [0.29, 0.717) is 5.92 Å². The van der Waals surface area contributed by atoms with Gasteiger partial charge in [0.2, 0.25) is 0 Å². The van der Waals surface area contributed by atoms with Gasteiger partial charge in [0.05, 0.1) is 10.9 Å². The maximum Gasteiger partial charge on any atom is 0.0637 e. The number of nitrogens with zero attached hydrogens (tertiary/aromatic N) is 1. The number of allylic oxidation sites excluding steroid dienone is 10. The van der Waals surface area contributed by atoms with Gasteiger partial charge in [0.25, 0.3) is 0 Å². The number of rotatable bonds is 3. The number of hydrogen-bond donors (Lipinski definition) is 1. The minimum atomic E-state index is -0.323. The van der Waals surface area contributed by atoms with Crippen LogP contribution in [-0.4, -0.2) is 9.91 Å². The molecule has 3 heteroatoms. The van der Waals surface area contributed by atoms with Crippen molar-refractivity contribution >= 4 is 30.0 Å². The number of thiocarbonyl (C=S) groups is 1. The van der Waals surface area contributed by atoms with Crippen molar-refractivity contribution in [3.05, 3.63) is 71.0 Å². The summed E-state index contributed by atoms with van der Waals surface area (Å²) < 4.78 is -0.323. The SMILES string of the molecule is CC1CCC(C#CC2=CC(C)(S)C=C(/C=C/C3=CC=C(N=C=S)CC3)C=C2)CC1. The third-order valence-corrected chi connectivity index (χ3v) is 5.99. The van der Waals surface area contributed by atoms with Crippen LogP contribution in [0.4, 0.5) is 0 Å². The van der Waals surface area contributed by atoms with Crippen molar-refractivity contribution in [1.82, 2.24) is 0 Å². The molecular formula is C26H29NS2. The fourth-order valence-corrected chi connectivity index (χ4v) is 4.29. The van der Waals surface area contributed by atoms with Gasteiger partial charge >= 0.3 is 0 Å². The predicted molar refractivity (Wildman–Crippen MR) is 131 cm³/mol. The van der Waals surface area contributed by atoms with Crippen molar-refractivity contribution < 1.29 is 0 Å². The minimum absolute atomic E-state index is 0.323. The minimum Gasteiger partial charge on any atom is -0.199 e. The molecule has 1 saturated carbocycles. The molecule has 0 saturated heterocycles. The van der Waals surface area contributed by atoms with E-state index in [2.05, 4.69) is 90.6 Å². The van der Waals surface area contributed by atoms with Crippen LogP contribution < -0.4 is 0 Å². The van der Waals surface area contributed by atoms with Gasteiger partial charge in [0, 0.05) is 16.2 Å². The quantitative estimate of drug-likeness (QED) is 0.221. The highest BCUT2D eigenvalue weighted by Gasteiger charge is 2.17. The zero-order valence-corrected chi connectivity index (χ0v) is 19.0. The molecule has 0 N–H and O–H groups in total. The van der Waals surface area contributed by atoms with Crippen LogP contribution in [0.5, 0.6) is 0 Å². The zero-order valence-electron chi connectivity index (χ0n) is 17.3. The smallest absolute Gasteiger partial charge is 0.0637 e. The maximum absolute atomic E-state index is 4.84. The van der Waals surface area contributed by atoms with Crippen LogP contribution in [0.1, 0.15) is 52.4 Å². The van der Waals surface area contributed by atoms with Crippen LogP contribution in [-0.2, 0) is 0 Å². The largest absolute Gasteiger partial charge is 0.199 e. The molecule has 150 valence electrons. The maximum atomic E-state index is 4.84. The fraction of sp³-hybridized carbons (Fsp3) is 0.423. The van der Waals surface area contributed by atoms with Crippen LogP contribution in [0.25, 0.3) is 0 Å². The second-order valence-corrected chi connectivity index (χ2v) is 9.61. The van der Waals surface area contributed by atoms with Crippen molar-refractivity contribution in [2.24, 2.45) is 16.8 Å². The average molecular weight is 420 g/mol. The van der Waals surface area contributed by atoms with Crippen molar-refractivity contribution in [2.75, 3.05) is 0 Å². The standard InChI is InChI=1S/C26H29NS2/c1-20-3-5-21(6-4-20)7-9-23-11-12-24(18-26(2,29)17-23)10-8-22-13-15-25(16-14-22)27-19-28/h8,10-13,15,17-18,20-21,29H,3-6,14,16H2,1-2H3/b10-8+. The van der Waals surface area contributed by atoms with Gasteiger partial charge in [-0.1, -0.05) is 49.1 Å². The molecule has 0 spiro atoms. The van der Waals surface area contributed by atoms with Gasteiger partial charge in [-0.15, -0.1) is 0 Å². The molecule has 1 atom stereocenters. The Kier molecular flexibility index (Phi) is 7.73. The van der Waals surface area contributed by atoms with Crippen molar-refractivity contribution in [3.63, 3.8) is 0 Å². The second-order valence-electron chi connectivity index (χ2n) is 8.47. The Balaban J connectivity index is 1.68. The Bertz CT molecular complexity index is 913. The first kappa shape index (κ1) is 21.8. The lowest BCUT2D eigenvalue weighted by Crippen LogP contribution is -2.11. The first-order valence-electron chi connectivity index (χ1n) is 10.5. The van der Waals surface area contributed by atoms with Crippen LogP contribution in [0.3, 0.4) is 0 Å². The fourth-order valence-electron chi connectivity index (χ4n) is 3.88. The summed E-state index contributed by atoms with van der Waals surface area (Å²) in [6, 6.07) is 0. The number of hydrogen-bond acceptors (Lipinski definition) is 3. The molecule has 3 aliphatic rings. The molecule has 1 fully saturated rings. The number of thiol groups is 1. The third kappa shape index (κ3) is 7.16. The van der Waals surface area contributed by atoms with Gasteiger partial charge in [-0.25, -0.2) is 0 Å². The van der Waals surface area contributed by atoms with Crippen molar-refractivity contribution in [1.29, 1.82) is 0 Å². The lowest BCUT2D eigenvalue weighted by Gasteiger charge is -2.22. The zero-order chi connectivity index (χ0) is 20.7.